The van der Waals surface area contributed by atoms with Crippen molar-refractivity contribution < 1.29 is 14.6 Å². The van der Waals surface area contributed by atoms with Gasteiger partial charge in [-0.3, -0.25) is 4.79 Å². The highest BCUT2D eigenvalue weighted by Gasteiger charge is 2.33. The fourth-order valence-corrected chi connectivity index (χ4v) is 4.81. The minimum absolute atomic E-state index is 0.0377. The molecule has 3 heterocycles. The molecule has 2 aliphatic rings. The van der Waals surface area contributed by atoms with Crippen molar-refractivity contribution in [1.82, 2.24) is 19.9 Å². The zero-order chi connectivity index (χ0) is 23.8. The van der Waals surface area contributed by atoms with Crippen LogP contribution in [0.3, 0.4) is 0 Å². The molecule has 9 nitrogen and oxygen atoms in total. The van der Waals surface area contributed by atoms with Gasteiger partial charge in [-0.25, -0.2) is 15.0 Å². The second-order valence-electron chi connectivity index (χ2n) is 9.13. The smallest absolute Gasteiger partial charge is 0.225 e. The molecule has 3 N–H and O–H groups in total. The first-order chi connectivity index (χ1) is 16.5. The van der Waals surface area contributed by atoms with Crippen LogP contribution in [0.1, 0.15) is 37.8 Å². The maximum Gasteiger partial charge on any atom is 0.225 e. The van der Waals surface area contributed by atoms with Crippen LogP contribution in [0.4, 0.5) is 11.5 Å². The quantitative estimate of drug-likeness (QED) is 0.574. The molecule has 1 amide bonds. The highest BCUT2D eigenvalue weighted by Crippen LogP contribution is 2.46. The van der Waals surface area contributed by atoms with E-state index in [1.807, 2.05) is 29.2 Å². The number of carbonyl (C=O) groups excluding carboxylic acids is 1. The SMILES string of the molecule is COCCC(=O)N1CCN(c2nc(C3CC3)c(-c3cccc4c(O)ncnc34)cc2N)C[C@H]1C. The van der Waals surface area contributed by atoms with Gasteiger partial charge in [0, 0.05) is 49.8 Å². The van der Waals surface area contributed by atoms with E-state index in [0.29, 0.717) is 55.2 Å². The number of para-hydroxylation sites is 1. The Morgan fingerprint density at radius 1 is 1.24 bits per heavy atom. The Labute approximate surface area is 198 Å². The molecule has 2 aromatic heterocycles. The summed E-state index contributed by atoms with van der Waals surface area (Å²) in [6.07, 6.45) is 3.95. The van der Waals surface area contributed by atoms with Gasteiger partial charge in [-0.15, -0.1) is 0 Å². The van der Waals surface area contributed by atoms with Crippen LogP contribution in [0.25, 0.3) is 22.0 Å². The topological polar surface area (TPSA) is 118 Å². The Morgan fingerprint density at radius 3 is 2.79 bits per heavy atom. The molecule has 34 heavy (non-hydrogen) atoms. The van der Waals surface area contributed by atoms with Gasteiger partial charge in [-0.05, 0) is 31.9 Å². The standard InChI is InChI=1S/C25H30N6O3/c1-15-13-30(9-10-31(15)21(32)8-11-34-2)24-20(26)12-19(22(29-24)16-6-7-16)17-4-3-5-18-23(17)27-14-28-25(18)33/h3-5,12,14-16H,6-11,13,26H2,1-2H3,(H,27,28,33)/t15-/m1/s1. The molecule has 1 saturated heterocycles. The lowest BCUT2D eigenvalue weighted by Crippen LogP contribution is -2.54. The normalized spacial score (nSPS) is 18.5. The number of anilines is 2. The first-order valence-corrected chi connectivity index (χ1v) is 11.7. The molecule has 9 heteroatoms. The predicted octanol–water partition coefficient (Wildman–Crippen LogP) is 2.93. The Hall–Kier alpha value is -3.46. The van der Waals surface area contributed by atoms with Gasteiger partial charge in [0.05, 0.1) is 35.3 Å². The average Bonchev–Trinajstić information content (AvgIpc) is 3.68. The number of carbonyl (C=O) groups is 1. The van der Waals surface area contributed by atoms with E-state index in [2.05, 4.69) is 21.8 Å². The molecular formula is C25H30N6O3. The second-order valence-corrected chi connectivity index (χ2v) is 9.13. The number of piperazine rings is 1. The Morgan fingerprint density at radius 2 is 2.06 bits per heavy atom. The molecule has 5 rings (SSSR count). The summed E-state index contributed by atoms with van der Waals surface area (Å²) in [5, 5.41) is 10.8. The molecule has 178 valence electrons. The number of rotatable bonds is 6. The number of nitrogen functional groups attached to an aromatic ring is 1. The molecular weight excluding hydrogens is 432 g/mol. The number of hydrogen-bond donors (Lipinski definition) is 2. The molecule has 1 aliphatic carbocycles. The molecule has 1 atom stereocenters. The number of fused-ring (bicyclic) bond motifs is 1. The fourth-order valence-electron chi connectivity index (χ4n) is 4.81. The molecule has 1 aromatic carbocycles. The highest BCUT2D eigenvalue weighted by atomic mass is 16.5. The summed E-state index contributed by atoms with van der Waals surface area (Å²) >= 11 is 0. The van der Waals surface area contributed by atoms with Crippen molar-refractivity contribution in [3.8, 4) is 17.0 Å². The van der Waals surface area contributed by atoms with E-state index >= 15 is 0 Å². The van der Waals surface area contributed by atoms with E-state index < -0.39 is 0 Å². The minimum atomic E-state index is -0.0377. The molecule has 2 fully saturated rings. The maximum absolute atomic E-state index is 12.5. The zero-order valence-electron chi connectivity index (χ0n) is 19.6. The van der Waals surface area contributed by atoms with Gasteiger partial charge in [-0.1, -0.05) is 12.1 Å². The van der Waals surface area contributed by atoms with Gasteiger partial charge in [0.25, 0.3) is 0 Å². The Bertz CT molecular complexity index is 1230. The van der Waals surface area contributed by atoms with Crippen LogP contribution in [-0.2, 0) is 9.53 Å². The lowest BCUT2D eigenvalue weighted by molar-refractivity contribution is -0.134. The van der Waals surface area contributed by atoms with Gasteiger partial charge in [0.2, 0.25) is 11.8 Å². The first kappa shape index (κ1) is 22.3. The first-order valence-electron chi connectivity index (χ1n) is 11.7. The maximum atomic E-state index is 12.5. The van der Waals surface area contributed by atoms with Crippen LogP contribution in [0.5, 0.6) is 5.88 Å². The number of aromatic nitrogens is 3. The minimum Gasteiger partial charge on any atom is -0.493 e. The molecule has 3 aromatic rings. The number of amides is 1. The van der Waals surface area contributed by atoms with Crippen molar-refractivity contribution in [3.63, 3.8) is 0 Å². The summed E-state index contributed by atoms with van der Waals surface area (Å²) in [6, 6.07) is 7.74. The number of aromatic hydroxyl groups is 1. The fraction of sp³-hybridized carbons (Fsp3) is 0.440. The summed E-state index contributed by atoms with van der Waals surface area (Å²) in [5.74, 6) is 1.24. The molecule has 0 spiro atoms. The number of benzene rings is 1. The second kappa shape index (κ2) is 9.06. The third-order valence-corrected chi connectivity index (χ3v) is 6.73. The van der Waals surface area contributed by atoms with Crippen LogP contribution in [0.2, 0.25) is 0 Å². The highest BCUT2D eigenvalue weighted by molar-refractivity contribution is 5.97. The number of methoxy groups -OCH3 is 1. The summed E-state index contributed by atoms with van der Waals surface area (Å²) in [4.78, 5) is 30.1. The van der Waals surface area contributed by atoms with Crippen molar-refractivity contribution in [1.29, 1.82) is 0 Å². The van der Waals surface area contributed by atoms with Crippen molar-refractivity contribution in [2.24, 2.45) is 0 Å². The van der Waals surface area contributed by atoms with E-state index in [-0.39, 0.29) is 17.8 Å². The summed E-state index contributed by atoms with van der Waals surface area (Å²) < 4.78 is 5.06. The molecule has 1 aliphatic heterocycles. The van der Waals surface area contributed by atoms with Crippen molar-refractivity contribution in [3.05, 3.63) is 36.3 Å². The number of nitrogens with zero attached hydrogens (tertiary/aromatic N) is 5. The summed E-state index contributed by atoms with van der Waals surface area (Å²) in [5.41, 5.74) is 10.7. The van der Waals surface area contributed by atoms with Gasteiger partial charge in [-0.2, -0.15) is 0 Å². The Kier molecular flexibility index (Phi) is 5.95. The number of nitrogens with two attached hydrogens (primary N) is 1. The van der Waals surface area contributed by atoms with Crippen molar-refractivity contribution in [2.75, 3.05) is 44.0 Å². The van der Waals surface area contributed by atoms with E-state index in [4.69, 9.17) is 15.5 Å². The van der Waals surface area contributed by atoms with Crippen LogP contribution in [0, 0.1) is 0 Å². The average molecular weight is 463 g/mol. The van der Waals surface area contributed by atoms with E-state index in [0.717, 1.165) is 35.5 Å². The van der Waals surface area contributed by atoms with E-state index in [1.54, 1.807) is 7.11 Å². The van der Waals surface area contributed by atoms with Crippen molar-refractivity contribution in [2.45, 2.75) is 38.1 Å². The summed E-state index contributed by atoms with van der Waals surface area (Å²) in [6.45, 7) is 4.48. The summed E-state index contributed by atoms with van der Waals surface area (Å²) in [7, 11) is 1.61. The lowest BCUT2D eigenvalue weighted by atomic mass is 9.98. The van der Waals surface area contributed by atoms with Crippen molar-refractivity contribution >= 4 is 28.3 Å². The van der Waals surface area contributed by atoms with Gasteiger partial charge >= 0.3 is 0 Å². The van der Waals surface area contributed by atoms with Crippen LogP contribution in [-0.4, -0.2) is 70.3 Å². The van der Waals surface area contributed by atoms with Crippen LogP contribution in [0.15, 0.2) is 30.6 Å². The van der Waals surface area contributed by atoms with Gasteiger partial charge in [0.1, 0.15) is 6.33 Å². The molecule has 0 unspecified atom stereocenters. The predicted molar refractivity (Wildman–Crippen MR) is 131 cm³/mol. The largest absolute Gasteiger partial charge is 0.493 e. The molecule has 1 saturated carbocycles. The van der Waals surface area contributed by atoms with Crippen LogP contribution >= 0.6 is 0 Å². The zero-order valence-corrected chi connectivity index (χ0v) is 19.6. The molecule has 0 radical (unpaired) electrons. The third-order valence-electron chi connectivity index (χ3n) is 6.73. The third kappa shape index (κ3) is 4.11. The molecule has 0 bridgehead atoms. The monoisotopic (exact) mass is 462 g/mol. The van der Waals surface area contributed by atoms with E-state index in [1.165, 1.54) is 6.33 Å². The Balaban J connectivity index is 1.48. The van der Waals surface area contributed by atoms with Gasteiger partial charge in [0.15, 0.2) is 5.82 Å². The van der Waals surface area contributed by atoms with Gasteiger partial charge < -0.3 is 25.4 Å². The number of hydrogen-bond acceptors (Lipinski definition) is 8. The number of ether oxygens (including phenoxy) is 1. The van der Waals surface area contributed by atoms with Crippen LogP contribution < -0.4 is 10.6 Å². The lowest BCUT2D eigenvalue weighted by Gasteiger charge is -2.41. The number of pyridine rings is 1. The van der Waals surface area contributed by atoms with E-state index in [9.17, 15) is 9.90 Å².